The number of hydrogen-bond donors (Lipinski definition) is 1. The van der Waals surface area contributed by atoms with Crippen LogP contribution in [0.25, 0.3) is 0 Å². The first-order valence-corrected chi connectivity index (χ1v) is 5.25. The highest BCUT2D eigenvalue weighted by Gasteiger charge is 2.36. The van der Waals surface area contributed by atoms with Gasteiger partial charge in [-0.05, 0) is 12.5 Å². The van der Waals surface area contributed by atoms with Gasteiger partial charge in [-0.2, -0.15) is 0 Å². The molecule has 70 valence electrons. The van der Waals surface area contributed by atoms with Gasteiger partial charge in [0.15, 0.2) is 6.10 Å². The molecule has 1 fully saturated rings. The SMILES string of the molecule is CC1N[S+]([O-])O[C@H]1c1ccccc1. The van der Waals surface area contributed by atoms with Gasteiger partial charge in [-0.15, -0.1) is 8.91 Å². The van der Waals surface area contributed by atoms with Crippen LogP contribution in [0.2, 0.25) is 0 Å². The molecule has 2 unspecified atom stereocenters. The maximum absolute atomic E-state index is 11.0. The molecule has 0 spiro atoms. The van der Waals surface area contributed by atoms with Crippen LogP contribution < -0.4 is 4.72 Å². The zero-order valence-corrected chi connectivity index (χ0v) is 8.08. The Morgan fingerprint density at radius 2 is 2.08 bits per heavy atom. The zero-order chi connectivity index (χ0) is 9.26. The molecule has 0 bridgehead atoms. The van der Waals surface area contributed by atoms with Crippen molar-refractivity contribution < 1.29 is 8.74 Å². The number of benzene rings is 1. The van der Waals surface area contributed by atoms with Crippen LogP contribution in [0, 0.1) is 0 Å². The fraction of sp³-hybridized carbons (Fsp3) is 0.333. The standard InChI is InChI=1S/C9H11NO2S/c1-7-9(12-13(11)10-7)8-5-3-2-4-6-8/h2-7,9-10H,1H3/t7?,9-,13?/m1/s1. The fourth-order valence-corrected chi connectivity index (χ4v) is 2.35. The first-order valence-electron chi connectivity index (χ1n) is 4.17. The normalized spacial score (nSPS) is 33.5. The van der Waals surface area contributed by atoms with Crippen LogP contribution in [-0.2, 0) is 15.8 Å². The first-order chi connectivity index (χ1) is 6.27. The van der Waals surface area contributed by atoms with Gasteiger partial charge in [0, 0.05) is 0 Å². The van der Waals surface area contributed by atoms with Crippen LogP contribution in [0.4, 0.5) is 0 Å². The van der Waals surface area contributed by atoms with E-state index in [4.69, 9.17) is 4.18 Å². The lowest BCUT2D eigenvalue weighted by Crippen LogP contribution is -2.24. The fourth-order valence-electron chi connectivity index (χ4n) is 1.41. The monoisotopic (exact) mass is 197 g/mol. The molecule has 4 heteroatoms. The molecule has 1 saturated heterocycles. The van der Waals surface area contributed by atoms with Crippen molar-refractivity contribution in [2.75, 3.05) is 0 Å². The summed E-state index contributed by atoms with van der Waals surface area (Å²) in [6.45, 7) is 1.96. The Kier molecular flexibility index (Phi) is 2.55. The van der Waals surface area contributed by atoms with Gasteiger partial charge in [0.2, 0.25) is 11.6 Å². The summed E-state index contributed by atoms with van der Waals surface area (Å²) < 4.78 is 19.1. The second-order valence-electron chi connectivity index (χ2n) is 3.07. The molecule has 0 radical (unpaired) electrons. The molecule has 1 aliphatic rings. The van der Waals surface area contributed by atoms with Crippen LogP contribution in [0.1, 0.15) is 18.6 Å². The van der Waals surface area contributed by atoms with Gasteiger partial charge in [-0.1, -0.05) is 30.3 Å². The quantitative estimate of drug-likeness (QED) is 0.690. The van der Waals surface area contributed by atoms with Crippen molar-refractivity contribution in [1.29, 1.82) is 0 Å². The molecule has 1 aromatic carbocycles. The van der Waals surface area contributed by atoms with Crippen LogP contribution in [0.15, 0.2) is 30.3 Å². The van der Waals surface area contributed by atoms with Crippen molar-refractivity contribution in [3.63, 3.8) is 0 Å². The number of hydrogen-bond acceptors (Lipinski definition) is 3. The Morgan fingerprint density at radius 3 is 2.62 bits per heavy atom. The third kappa shape index (κ3) is 1.86. The van der Waals surface area contributed by atoms with E-state index < -0.39 is 11.6 Å². The summed E-state index contributed by atoms with van der Waals surface area (Å²) in [5, 5.41) is 0. The van der Waals surface area contributed by atoms with Gasteiger partial charge < -0.3 is 4.55 Å². The zero-order valence-electron chi connectivity index (χ0n) is 7.27. The van der Waals surface area contributed by atoms with Crippen molar-refractivity contribution in [3.05, 3.63) is 35.9 Å². The lowest BCUT2D eigenvalue weighted by Gasteiger charge is -2.07. The lowest BCUT2D eigenvalue weighted by atomic mass is 10.0. The van der Waals surface area contributed by atoms with Gasteiger partial charge >= 0.3 is 0 Å². The molecule has 1 aromatic rings. The summed E-state index contributed by atoms with van der Waals surface area (Å²) in [4.78, 5) is 0. The largest absolute Gasteiger partial charge is 0.566 e. The van der Waals surface area contributed by atoms with Crippen molar-refractivity contribution in [2.24, 2.45) is 0 Å². The van der Waals surface area contributed by atoms with E-state index in [1.54, 1.807) is 0 Å². The number of rotatable bonds is 1. The molecule has 1 N–H and O–H groups in total. The topological polar surface area (TPSA) is 44.3 Å². The molecule has 3 nitrogen and oxygen atoms in total. The molecule has 0 saturated carbocycles. The predicted molar refractivity (Wildman–Crippen MR) is 51.0 cm³/mol. The first kappa shape index (κ1) is 9.02. The van der Waals surface area contributed by atoms with E-state index in [0.717, 1.165) is 5.56 Å². The summed E-state index contributed by atoms with van der Waals surface area (Å²) in [5.41, 5.74) is 1.06. The molecule has 0 amide bonds. The molecule has 0 aliphatic carbocycles. The highest BCUT2D eigenvalue weighted by molar-refractivity contribution is 7.85. The Morgan fingerprint density at radius 1 is 1.38 bits per heavy atom. The predicted octanol–water partition coefficient (Wildman–Crippen LogP) is 1.31. The van der Waals surface area contributed by atoms with Gasteiger partial charge in [-0.3, -0.25) is 0 Å². The van der Waals surface area contributed by atoms with Crippen molar-refractivity contribution >= 4 is 11.6 Å². The van der Waals surface area contributed by atoms with Gasteiger partial charge in [0.05, 0.1) is 6.04 Å². The minimum Gasteiger partial charge on any atom is -0.566 e. The van der Waals surface area contributed by atoms with Gasteiger partial charge in [0.25, 0.3) is 0 Å². The number of nitrogens with one attached hydrogen (secondary N) is 1. The molecule has 3 atom stereocenters. The highest BCUT2D eigenvalue weighted by Crippen LogP contribution is 2.28. The Labute approximate surface area is 80.6 Å². The summed E-state index contributed by atoms with van der Waals surface area (Å²) in [6, 6.07) is 9.91. The Bertz CT molecular complexity index is 280. The van der Waals surface area contributed by atoms with E-state index in [2.05, 4.69) is 4.72 Å². The second-order valence-corrected chi connectivity index (χ2v) is 3.97. The van der Waals surface area contributed by atoms with E-state index in [0.29, 0.717) is 0 Å². The van der Waals surface area contributed by atoms with E-state index >= 15 is 0 Å². The third-order valence-electron chi connectivity index (χ3n) is 2.06. The summed E-state index contributed by atoms with van der Waals surface area (Å²) in [7, 11) is 0. The van der Waals surface area contributed by atoms with Crippen LogP contribution in [0.5, 0.6) is 0 Å². The molecule has 0 aromatic heterocycles. The summed E-state index contributed by atoms with van der Waals surface area (Å²) >= 11 is -1.33. The third-order valence-corrected chi connectivity index (χ3v) is 3.00. The summed E-state index contributed by atoms with van der Waals surface area (Å²) in [5.74, 6) is 0. The maximum Gasteiger partial charge on any atom is 0.215 e. The van der Waals surface area contributed by atoms with Crippen LogP contribution >= 0.6 is 0 Å². The smallest absolute Gasteiger partial charge is 0.215 e. The average molecular weight is 197 g/mol. The van der Waals surface area contributed by atoms with E-state index in [9.17, 15) is 4.55 Å². The average Bonchev–Trinajstić information content (AvgIpc) is 2.47. The highest BCUT2D eigenvalue weighted by atomic mass is 32.2. The van der Waals surface area contributed by atoms with Crippen LogP contribution in [-0.4, -0.2) is 10.6 Å². The Balaban J connectivity index is 2.18. The maximum atomic E-state index is 11.0. The van der Waals surface area contributed by atoms with Crippen molar-refractivity contribution in [3.8, 4) is 0 Å². The van der Waals surface area contributed by atoms with Crippen molar-refractivity contribution in [2.45, 2.75) is 19.1 Å². The van der Waals surface area contributed by atoms with Gasteiger partial charge in [0.1, 0.15) is 0 Å². The molecular weight excluding hydrogens is 186 g/mol. The minimum absolute atomic E-state index is 0.0953. The van der Waals surface area contributed by atoms with E-state index in [1.807, 2.05) is 37.3 Å². The van der Waals surface area contributed by atoms with E-state index in [1.165, 1.54) is 0 Å². The summed E-state index contributed by atoms with van der Waals surface area (Å²) in [6.07, 6.45) is -0.0953. The second kappa shape index (κ2) is 3.67. The Hall–Kier alpha value is -0.550. The molecule has 1 aliphatic heterocycles. The lowest BCUT2D eigenvalue weighted by molar-refractivity contribution is 0.225. The molecular formula is C9H11NO2S. The molecule has 1 heterocycles. The van der Waals surface area contributed by atoms with E-state index in [-0.39, 0.29) is 12.1 Å². The molecule has 13 heavy (non-hydrogen) atoms. The van der Waals surface area contributed by atoms with Gasteiger partial charge in [-0.25, -0.2) is 0 Å². The minimum atomic E-state index is -1.33. The molecule has 2 rings (SSSR count). The van der Waals surface area contributed by atoms with Crippen LogP contribution in [0.3, 0.4) is 0 Å². The van der Waals surface area contributed by atoms with Crippen molar-refractivity contribution in [1.82, 2.24) is 4.72 Å².